The first-order valence-electron chi connectivity index (χ1n) is 10.8. The van der Waals surface area contributed by atoms with Gasteiger partial charge in [-0.05, 0) is 38.2 Å². The number of ether oxygens (including phenoxy) is 2. The van der Waals surface area contributed by atoms with Crippen molar-refractivity contribution in [3.63, 3.8) is 0 Å². The van der Waals surface area contributed by atoms with E-state index >= 15 is 0 Å². The van der Waals surface area contributed by atoms with Gasteiger partial charge in [-0.3, -0.25) is 10.3 Å². The van der Waals surface area contributed by atoms with Crippen molar-refractivity contribution in [2.75, 3.05) is 19.8 Å². The van der Waals surface area contributed by atoms with E-state index in [4.69, 9.17) is 60.7 Å². The zero-order chi connectivity index (χ0) is 22.7. The van der Waals surface area contributed by atoms with E-state index in [1.807, 2.05) is 6.20 Å². The molecule has 4 nitrogen and oxygen atoms in total. The molecule has 1 rings (SSSR count). The normalized spacial score (nSPS) is 11.0. The summed E-state index contributed by atoms with van der Waals surface area (Å²) in [5, 5.41) is 0.793. The zero-order valence-electron chi connectivity index (χ0n) is 18.1. The summed E-state index contributed by atoms with van der Waals surface area (Å²) in [7, 11) is 0. The van der Waals surface area contributed by atoms with E-state index < -0.39 is 0 Å². The Morgan fingerprint density at radius 2 is 1.58 bits per heavy atom. The minimum absolute atomic E-state index is 0.142. The summed E-state index contributed by atoms with van der Waals surface area (Å²) < 4.78 is 11.3. The molecule has 8 heteroatoms. The maximum Gasteiger partial charge on any atom is 0.156 e. The number of rotatable bonds is 18. The first kappa shape index (κ1) is 28.3. The van der Waals surface area contributed by atoms with Crippen LogP contribution in [0.3, 0.4) is 0 Å². The fraction of sp³-hybridized carbons (Fsp3) is 0.565. The molecule has 1 aromatic carbocycles. The van der Waals surface area contributed by atoms with Gasteiger partial charge in [0.05, 0.1) is 23.3 Å². The Morgan fingerprint density at radius 3 is 2.29 bits per heavy atom. The van der Waals surface area contributed by atoms with Crippen molar-refractivity contribution in [2.24, 2.45) is 0 Å². The summed E-state index contributed by atoms with van der Waals surface area (Å²) in [5.41, 5.74) is 2.87. The van der Waals surface area contributed by atoms with Gasteiger partial charge in [0.2, 0.25) is 0 Å². The van der Waals surface area contributed by atoms with E-state index in [2.05, 4.69) is 18.5 Å². The molecule has 176 valence electrons. The van der Waals surface area contributed by atoms with E-state index in [1.165, 1.54) is 38.2 Å². The molecule has 0 aliphatic heterocycles. The SMILES string of the molecule is CCCCCCCC=CNOCCCCCOc1c(Cl)cc(OCC=C(Cl)Cl)cc1Cl. The van der Waals surface area contributed by atoms with Crippen LogP contribution in [0.1, 0.15) is 64.7 Å². The first-order chi connectivity index (χ1) is 15.0. The highest BCUT2D eigenvalue weighted by atomic mass is 35.5. The number of hydrogen-bond acceptors (Lipinski definition) is 4. The monoisotopic (exact) mass is 511 g/mol. The number of hydroxylamine groups is 1. The van der Waals surface area contributed by atoms with Crippen LogP contribution in [0.4, 0.5) is 0 Å². The lowest BCUT2D eigenvalue weighted by Gasteiger charge is -2.12. The number of halogens is 4. The van der Waals surface area contributed by atoms with Crippen LogP contribution in [0.15, 0.2) is 35.0 Å². The minimum Gasteiger partial charge on any atom is -0.490 e. The first-order valence-corrected chi connectivity index (χ1v) is 12.3. The third kappa shape index (κ3) is 14.8. The Labute approximate surface area is 206 Å². The van der Waals surface area contributed by atoms with Gasteiger partial charge in [-0.1, -0.05) is 85.1 Å². The van der Waals surface area contributed by atoms with Crippen LogP contribution in [-0.2, 0) is 4.84 Å². The second kappa shape index (κ2) is 18.8. The molecule has 0 fully saturated rings. The minimum atomic E-state index is 0.142. The molecule has 0 atom stereocenters. The van der Waals surface area contributed by atoms with Gasteiger partial charge >= 0.3 is 0 Å². The molecule has 0 saturated carbocycles. The second-order valence-electron chi connectivity index (χ2n) is 7.00. The van der Waals surface area contributed by atoms with Crippen LogP contribution < -0.4 is 15.0 Å². The topological polar surface area (TPSA) is 39.7 Å². The summed E-state index contributed by atoms with van der Waals surface area (Å²) in [4.78, 5) is 5.39. The standard InChI is InChI=1S/C23H33Cl4NO3/c1-2-3-4-5-6-7-9-13-28-31-15-11-8-10-14-30-23-20(24)17-19(18-21(23)25)29-16-12-22(26)27/h9,12-13,17-18,28H,2-8,10-11,14-16H2,1H3. The molecule has 31 heavy (non-hydrogen) atoms. The van der Waals surface area contributed by atoms with Crippen LogP contribution in [0.5, 0.6) is 11.5 Å². The molecule has 0 spiro atoms. The molecule has 0 amide bonds. The van der Waals surface area contributed by atoms with Crippen LogP contribution in [0.25, 0.3) is 0 Å². The zero-order valence-corrected chi connectivity index (χ0v) is 21.1. The van der Waals surface area contributed by atoms with Gasteiger partial charge in [0.25, 0.3) is 0 Å². The van der Waals surface area contributed by atoms with E-state index in [-0.39, 0.29) is 11.1 Å². The highest BCUT2D eigenvalue weighted by Crippen LogP contribution is 2.37. The van der Waals surface area contributed by atoms with Crippen molar-refractivity contribution in [2.45, 2.75) is 64.7 Å². The van der Waals surface area contributed by atoms with Crippen LogP contribution >= 0.6 is 46.4 Å². The van der Waals surface area contributed by atoms with Crippen molar-refractivity contribution in [3.05, 3.63) is 45.0 Å². The van der Waals surface area contributed by atoms with Crippen molar-refractivity contribution in [1.29, 1.82) is 0 Å². The maximum absolute atomic E-state index is 6.25. The molecule has 0 bridgehead atoms. The average Bonchev–Trinajstić information content (AvgIpc) is 2.72. The van der Waals surface area contributed by atoms with Crippen LogP contribution in [-0.4, -0.2) is 19.8 Å². The molecule has 0 heterocycles. The Bertz CT molecular complexity index is 641. The second-order valence-corrected chi connectivity index (χ2v) is 8.82. The third-order valence-corrected chi connectivity index (χ3v) is 5.21. The van der Waals surface area contributed by atoms with Gasteiger partial charge in [-0.25, -0.2) is 0 Å². The van der Waals surface area contributed by atoms with Crippen LogP contribution in [0.2, 0.25) is 10.0 Å². The molecule has 0 aliphatic carbocycles. The summed E-state index contributed by atoms with van der Waals surface area (Å²) in [5.74, 6) is 0.975. The molecular weight excluding hydrogens is 480 g/mol. The van der Waals surface area contributed by atoms with Gasteiger partial charge in [0.15, 0.2) is 5.75 Å². The average molecular weight is 513 g/mol. The summed E-state index contributed by atoms with van der Waals surface area (Å²) >= 11 is 23.6. The van der Waals surface area contributed by atoms with Gasteiger partial charge < -0.3 is 9.47 Å². The molecule has 0 saturated heterocycles. The summed E-state index contributed by atoms with van der Waals surface area (Å²) in [6, 6.07) is 3.30. The quantitative estimate of drug-likeness (QED) is 0.158. The lowest BCUT2D eigenvalue weighted by Crippen LogP contribution is -2.08. The Hall–Kier alpha value is -0.780. The molecule has 0 aromatic heterocycles. The smallest absolute Gasteiger partial charge is 0.156 e. The highest BCUT2D eigenvalue weighted by molar-refractivity contribution is 6.55. The van der Waals surface area contributed by atoms with Crippen molar-refractivity contribution >= 4 is 46.4 Å². The Morgan fingerprint density at radius 1 is 0.903 bits per heavy atom. The predicted molar refractivity (Wildman–Crippen MR) is 133 cm³/mol. The van der Waals surface area contributed by atoms with Gasteiger partial charge in [-0.2, -0.15) is 0 Å². The molecular formula is C23H33Cl4NO3. The summed E-state index contributed by atoms with van der Waals surface area (Å²) in [6.45, 7) is 3.63. The fourth-order valence-electron chi connectivity index (χ4n) is 2.69. The number of unbranched alkanes of at least 4 members (excludes halogenated alkanes) is 7. The summed E-state index contributed by atoms with van der Waals surface area (Å²) in [6.07, 6.45) is 15.9. The molecule has 0 unspecified atom stereocenters. The van der Waals surface area contributed by atoms with E-state index in [0.717, 1.165) is 25.7 Å². The molecule has 0 radical (unpaired) electrons. The van der Waals surface area contributed by atoms with Crippen molar-refractivity contribution < 1.29 is 14.3 Å². The third-order valence-electron chi connectivity index (χ3n) is 4.34. The molecule has 1 N–H and O–H groups in total. The Balaban J connectivity index is 2.09. The Kier molecular flexibility index (Phi) is 17.1. The predicted octanol–water partition coefficient (Wildman–Crippen LogP) is 8.64. The highest BCUT2D eigenvalue weighted by Gasteiger charge is 2.10. The number of nitrogens with one attached hydrogen (secondary N) is 1. The largest absolute Gasteiger partial charge is 0.490 e. The van der Waals surface area contributed by atoms with Gasteiger partial charge in [0.1, 0.15) is 16.8 Å². The molecule has 0 aliphatic rings. The lowest BCUT2D eigenvalue weighted by molar-refractivity contribution is 0.0674. The van der Waals surface area contributed by atoms with Crippen molar-refractivity contribution in [3.8, 4) is 11.5 Å². The van der Waals surface area contributed by atoms with Gasteiger partial charge in [-0.15, -0.1) is 0 Å². The fourth-order valence-corrected chi connectivity index (χ4v) is 3.39. The number of benzene rings is 1. The van der Waals surface area contributed by atoms with E-state index in [1.54, 1.807) is 12.1 Å². The number of hydrogen-bond donors (Lipinski definition) is 1. The van der Waals surface area contributed by atoms with Gasteiger partial charge in [0, 0.05) is 18.3 Å². The van der Waals surface area contributed by atoms with Crippen LogP contribution in [0, 0.1) is 0 Å². The maximum atomic E-state index is 6.25. The van der Waals surface area contributed by atoms with E-state index in [0.29, 0.717) is 34.8 Å². The van der Waals surface area contributed by atoms with Crippen molar-refractivity contribution in [1.82, 2.24) is 5.48 Å². The lowest BCUT2D eigenvalue weighted by atomic mass is 10.1. The van der Waals surface area contributed by atoms with E-state index in [9.17, 15) is 0 Å². The molecule has 1 aromatic rings. The number of allylic oxidation sites excluding steroid dienone is 1.